The van der Waals surface area contributed by atoms with Crippen LogP contribution in [0.3, 0.4) is 0 Å². The molecule has 0 saturated carbocycles. The molecule has 0 atom stereocenters. The van der Waals surface area contributed by atoms with Gasteiger partial charge in [0.25, 0.3) is 17.7 Å². The molecule has 1 aromatic heterocycles. The average Bonchev–Trinajstić information content (AvgIpc) is 3.37. The number of aryl methyl sites for hydroxylation is 1. The first-order valence-electron chi connectivity index (χ1n) is 12.4. The van der Waals surface area contributed by atoms with Gasteiger partial charge in [-0.15, -0.1) is 0 Å². The van der Waals surface area contributed by atoms with E-state index in [2.05, 4.69) is 26.3 Å². The SMILES string of the molecule is CNCCNC(=O)c1c(C)[nH]c(/C=C2\C(=O)Nc3cc(NC(=O)NC(=O)c4ccc(CO)cc4F)ccc32)c1C. The number of benzene rings is 2. The number of aliphatic hydroxyl groups is 1. The Kier molecular flexibility index (Phi) is 8.41. The number of likely N-dealkylation sites (N-methyl/N-ethyl adjacent to an activating group) is 1. The van der Waals surface area contributed by atoms with Crippen molar-refractivity contribution in [1.82, 2.24) is 20.9 Å². The summed E-state index contributed by atoms with van der Waals surface area (Å²) in [6.07, 6.45) is 1.67. The van der Waals surface area contributed by atoms with Gasteiger partial charge in [-0.25, -0.2) is 9.18 Å². The Morgan fingerprint density at radius 1 is 1.05 bits per heavy atom. The van der Waals surface area contributed by atoms with Crippen LogP contribution in [0.25, 0.3) is 11.6 Å². The largest absolute Gasteiger partial charge is 0.392 e. The zero-order valence-electron chi connectivity index (χ0n) is 22.1. The van der Waals surface area contributed by atoms with Gasteiger partial charge in [0.15, 0.2) is 0 Å². The molecule has 4 rings (SSSR count). The van der Waals surface area contributed by atoms with Crippen molar-refractivity contribution in [3.05, 3.63) is 81.4 Å². The molecule has 0 saturated heterocycles. The molecule has 11 nitrogen and oxygen atoms in total. The minimum absolute atomic E-state index is 0.209. The normalized spacial score (nSPS) is 13.1. The molecule has 3 aromatic rings. The Labute approximate surface area is 229 Å². The first-order chi connectivity index (χ1) is 19.1. The van der Waals surface area contributed by atoms with E-state index >= 15 is 0 Å². The summed E-state index contributed by atoms with van der Waals surface area (Å²) >= 11 is 0. The van der Waals surface area contributed by atoms with Gasteiger partial charge >= 0.3 is 6.03 Å². The zero-order valence-corrected chi connectivity index (χ0v) is 22.1. The third-order valence-corrected chi connectivity index (χ3v) is 6.40. The van der Waals surface area contributed by atoms with Crippen LogP contribution < -0.4 is 26.6 Å². The third kappa shape index (κ3) is 5.92. The maximum absolute atomic E-state index is 14.1. The molecule has 0 spiro atoms. The zero-order chi connectivity index (χ0) is 29.0. The van der Waals surface area contributed by atoms with Crippen molar-refractivity contribution in [2.45, 2.75) is 20.5 Å². The minimum atomic E-state index is -0.953. The number of urea groups is 1. The van der Waals surface area contributed by atoms with E-state index in [0.717, 1.165) is 6.07 Å². The highest BCUT2D eigenvalue weighted by Gasteiger charge is 2.26. The van der Waals surface area contributed by atoms with Crippen LogP contribution in [0.15, 0.2) is 36.4 Å². The lowest BCUT2D eigenvalue weighted by atomic mass is 10.0. The molecular weight excluding hydrogens is 519 g/mol. The van der Waals surface area contributed by atoms with Gasteiger partial charge in [-0.1, -0.05) is 12.1 Å². The number of rotatable bonds is 8. The molecule has 5 amide bonds. The molecule has 1 aliphatic rings. The Bertz CT molecular complexity index is 1540. The average molecular weight is 549 g/mol. The number of hydrogen-bond donors (Lipinski definition) is 7. The highest BCUT2D eigenvalue weighted by Crippen LogP contribution is 2.35. The fourth-order valence-corrected chi connectivity index (χ4v) is 4.38. The number of carbonyl (C=O) groups excluding carboxylic acids is 4. The van der Waals surface area contributed by atoms with Crippen LogP contribution in [0.4, 0.5) is 20.6 Å². The number of H-pyrrole nitrogens is 1. The smallest absolute Gasteiger partial charge is 0.326 e. The highest BCUT2D eigenvalue weighted by molar-refractivity contribution is 6.35. The summed E-state index contributed by atoms with van der Waals surface area (Å²) in [4.78, 5) is 53.3. The first-order valence-corrected chi connectivity index (χ1v) is 12.4. The van der Waals surface area contributed by atoms with Crippen LogP contribution in [-0.2, 0) is 11.4 Å². The molecule has 0 radical (unpaired) electrons. The van der Waals surface area contributed by atoms with E-state index < -0.39 is 17.8 Å². The van der Waals surface area contributed by atoms with E-state index in [4.69, 9.17) is 5.11 Å². The molecule has 0 bridgehead atoms. The van der Waals surface area contributed by atoms with Crippen LogP contribution in [0.1, 0.15) is 48.8 Å². The number of anilines is 2. The van der Waals surface area contributed by atoms with Crippen LogP contribution in [0.2, 0.25) is 0 Å². The summed E-state index contributed by atoms with van der Waals surface area (Å²) in [5.41, 5.74) is 4.14. The van der Waals surface area contributed by atoms with E-state index in [9.17, 15) is 23.6 Å². The fourth-order valence-electron chi connectivity index (χ4n) is 4.38. The summed E-state index contributed by atoms with van der Waals surface area (Å²) in [5.74, 6) is -2.39. The highest BCUT2D eigenvalue weighted by atomic mass is 19.1. The molecule has 1 aliphatic heterocycles. The number of fused-ring (bicyclic) bond motifs is 1. The van der Waals surface area contributed by atoms with E-state index in [1.807, 2.05) is 5.32 Å². The van der Waals surface area contributed by atoms with Crippen molar-refractivity contribution in [2.24, 2.45) is 0 Å². The molecule has 40 heavy (non-hydrogen) atoms. The van der Waals surface area contributed by atoms with E-state index in [1.54, 1.807) is 39.1 Å². The molecular formula is C28H29FN6O5. The number of amides is 5. The van der Waals surface area contributed by atoms with E-state index in [1.165, 1.54) is 18.2 Å². The van der Waals surface area contributed by atoms with E-state index in [-0.39, 0.29) is 29.7 Å². The predicted octanol–water partition coefficient (Wildman–Crippen LogP) is 2.67. The molecule has 2 heterocycles. The van der Waals surface area contributed by atoms with Crippen molar-refractivity contribution >= 4 is 46.8 Å². The minimum Gasteiger partial charge on any atom is -0.392 e. The molecule has 0 unspecified atom stereocenters. The summed E-state index contributed by atoms with van der Waals surface area (Å²) in [6, 6.07) is 7.39. The van der Waals surface area contributed by atoms with Gasteiger partial charge in [0.05, 0.1) is 29.0 Å². The van der Waals surface area contributed by atoms with Gasteiger partial charge in [-0.3, -0.25) is 19.7 Å². The monoisotopic (exact) mass is 548 g/mol. The second-order valence-corrected chi connectivity index (χ2v) is 9.18. The van der Waals surface area contributed by atoms with Gasteiger partial charge in [0.2, 0.25) is 0 Å². The quantitative estimate of drug-likeness (QED) is 0.169. The predicted molar refractivity (Wildman–Crippen MR) is 148 cm³/mol. The number of hydrogen-bond acceptors (Lipinski definition) is 6. The standard InChI is InChI=1S/C28H29FN6O5/c1-14-22(32-15(2)24(14)27(39)31-9-8-30-3)12-20-18-7-5-17(11-23(18)34-26(20)38)33-28(40)35-25(37)19-6-4-16(13-36)10-21(19)29/h4-7,10-12,30,32,36H,8-9,13H2,1-3H3,(H,31,39)(H,34,38)(H2,33,35,37,40)/b20-12-. The van der Waals surface area contributed by atoms with Crippen molar-refractivity contribution in [3.8, 4) is 0 Å². The number of aromatic amines is 1. The second-order valence-electron chi connectivity index (χ2n) is 9.18. The van der Waals surface area contributed by atoms with Gasteiger partial charge < -0.3 is 31.4 Å². The first kappa shape index (κ1) is 28.2. The lowest BCUT2D eigenvalue weighted by Crippen LogP contribution is -2.34. The summed E-state index contributed by atoms with van der Waals surface area (Å²) in [7, 11) is 1.80. The number of aliphatic hydroxyl groups excluding tert-OH is 1. The van der Waals surface area contributed by atoms with Gasteiger partial charge in [-0.2, -0.15) is 0 Å². The Morgan fingerprint density at radius 2 is 1.82 bits per heavy atom. The fraction of sp³-hybridized carbons (Fsp3) is 0.214. The van der Waals surface area contributed by atoms with Gasteiger partial charge in [-0.05, 0) is 62.4 Å². The van der Waals surface area contributed by atoms with Crippen molar-refractivity contribution in [2.75, 3.05) is 30.8 Å². The molecule has 12 heteroatoms. The Balaban J connectivity index is 1.48. The Hall–Kier alpha value is -4.81. The van der Waals surface area contributed by atoms with Crippen LogP contribution in [0.5, 0.6) is 0 Å². The Morgan fingerprint density at radius 3 is 2.52 bits per heavy atom. The summed E-state index contributed by atoms with van der Waals surface area (Å²) < 4.78 is 14.1. The number of imide groups is 1. The third-order valence-electron chi connectivity index (χ3n) is 6.40. The lowest BCUT2D eigenvalue weighted by molar-refractivity contribution is -0.110. The van der Waals surface area contributed by atoms with Gasteiger partial charge in [0.1, 0.15) is 5.82 Å². The number of aromatic nitrogens is 1. The van der Waals surface area contributed by atoms with Crippen molar-refractivity contribution in [3.63, 3.8) is 0 Å². The van der Waals surface area contributed by atoms with E-state index in [0.29, 0.717) is 58.0 Å². The van der Waals surface area contributed by atoms with Crippen LogP contribution in [-0.4, -0.2) is 54.0 Å². The van der Waals surface area contributed by atoms with Crippen molar-refractivity contribution < 1.29 is 28.7 Å². The topological polar surface area (TPSA) is 164 Å². The number of halogens is 1. The lowest BCUT2D eigenvalue weighted by Gasteiger charge is -2.09. The number of nitrogens with one attached hydrogen (secondary N) is 6. The molecule has 2 aromatic carbocycles. The summed E-state index contributed by atoms with van der Waals surface area (Å²) in [6.45, 7) is 4.32. The molecule has 208 valence electrons. The number of carbonyl (C=O) groups is 4. The summed E-state index contributed by atoms with van der Waals surface area (Å²) in [5, 5.41) is 22.2. The van der Waals surface area contributed by atoms with Crippen molar-refractivity contribution in [1.29, 1.82) is 0 Å². The molecule has 7 N–H and O–H groups in total. The van der Waals surface area contributed by atoms with Crippen LogP contribution in [0, 0.1) is 19.7 Å². The molecule has 0 aliphatic carbocycles. The maximum atomic E-state index is 14.1. The maximum Gasteiger partial charge on any atom is 0.326 e. The second kappa shape index (κ2) is 11.9. The molecule has 0 fully saturated rings. The van der Waals surface area contributed by atoms with Crippen LogP contribution >= 0.6 is 0 Å². The van der Waals surface area contributed by atoms with Gasteiger partial charge in [0, 0.05) is 35.7 Å².